The number of piperazine rings is 1. The summed E-state index contributed by atoms with van der Waals surface area (Å²) in [5, 5.41) is 3.24. The molecular weight excluding hydrogens is 344 g/mol. The van der Waals surface area contributed by atoms with Gasteiger partial charge in [-0.3, -0.25) is 14.5 Å². The van der Waals surface area contributed by atoms with Crippen LogP contribution in [0.1, 0.15) is 20.8 Å². The molecule has 2 atom stereocenters. The third-order valence-electron chi connectivity index (χ3n) is 3.31. The first kappa shape index (κ1) is 15.3. The van der Waals surface area contributed by atoms with Crippen molar-refractivity contribution < 1.29 is 9.59 Å². The van der Waals surface area contributed by atoms with E-state index in [1.807, 2.05) is 13.8 Å². The number of nitrogens with zero attached hydrogens (tertiary/aromatic N) is 1. The zero-order chi connectivity index (χ0) is 15.0. The van der Waals surface area contributed by atoms with E-state index < -0.39 is 12.1 Å². The SMILES string of the molecule is CC1NC(=O)C(C(C)C)N(c2cc(Cl)ccc2Br)C1=O. The molecule has 20 heavy (non-hydrogen) atoms. The van der Waals surface area contributed by atoms with Gasteiger partial charge in [-0.2, -0.15) is 0 Å². The molecular formula is C14H16BrClN2O2. The fourth-order valence-corrected chi connectivity index (χ4v) is 2.97. The molecule has 6 heteroatoms. The Bertz CT molecular complexity index is 562. The number of halogens is 2. The zero-order valence-corrected chi connectivity index (χ0v) is 13.8. The quantitative estimate of drug-likeness (QED) is 0.882. The lowest BCUT2D eigenvalue weighted by molar-refractivity contribution is -0.134. The van der Waals surface area contributed by atoms with E-state index in [-0.39, 0.29) is 17.7 Å². The zero-order valence-electron chi connectivity index (χ0n) is 11.5. The lowest BCUT2D eigenvalue weighted by Crippen LogP contribution is -2.64. The molecule has 108 valence electrons. The van der Waals surface area contributed by atoms with E-state index in [9.17, 15) is 9.59 Å². The molecule has 1 aliphatic heterocycles. The minimum absolute atomic E-state index is 0.00247. The first-order valence-electron chi connectivity index (χ1n) is 6.41. The molecule has 0 bridgehead atoms. The number of hydrogen-bond donors (Lipinski definition) is 1. The van der Waals surface area contributed by atoms with Crippen molar-refractivity contribution >= 4 is 45.0 Å². The molecule has 2 amide bonds. The van der Waals surface area contributed by atoms with Crippen LogP contribution in [0.3, 0.4) is 0 Å². The summed E-state index contributed by atoms with van der Waals surface area (Å²) in [5.74, 6) is -0.275. The molecule has 1 heterocycles. The van der Waals surface area contributed by atoms with Gasteiger partial charge in [-0.25, -0.2) is 0 Å². The largest absolute Gasteiger partial charge is 0.343 e. The number of carbonyl (C=O) groups is 2. The van der Waals surface area contributed by atoms with E-state index in [2.05, 4.69) is 21.2 Å². The second kappa shape index (κ2) is 5.74. The first-order chi connectivity index (χ1) is 9.32. The number of amides is 2. The van der Waals surface area contributed by atoms with Crippen LogP contribution in [0.15, 0.2) is 22.7 Å². The Morgan fingerprint density at radius 1 is 1.35 bits per heavy atom. The number of hydrogen-bond acceptors (Lipinski definition) is 2. The van der Waals surface area contributed by atoms with Gasteiger partial charge in [-0.15, -0.1) is 0 Å². The number of nitrogens with one attached hydrogen (secondary N) is 1. The molecule has 4 nitrogen and oxygen atoms in total. The van der Waals surface area contributed by atoms with Crippen LogP contribution in [0.2, 0.25) is 5.02 Å². The average Bonchev–Trinajstić information content (AvgIpc) is 2.36. The summed E-state index contributed by atoms with van der Waals surface area (Å²) in [6, 6.07) is 4.14. The molecule has 2 unspecified atom stereocenters. The van der Waals surface area contributed by atoms with Gasteiger partial charge in [0.1, 0.15) is 12.1 Å². The molecule has 1 aromatic rings. The van der Waals surface area contributed by atoms with Crippen molar-refractivity contribution in [1.82, 2.24) is 5.32 Å². The molecule has 0 saturated carbocycles. The second-order valence-electron chi connectivity index (χ2n) is 5.22. The maximum Gasteiger partial charge on any atom is 0.250 e. The molecule has 1 aliphatic rings. The van der Waals surface area contributed by atoms with E-state index in [4.69, 9.17) is 11.6 Å². The van der Waals surface area contributed by atoms with Crippen LogP contribution in [0.5, 0.6) is 0 Å². The summed E-state index contributed by atoms with van der Waals surface area (Å²) in [4.78, 5) is 26.3. The Morgan fingerprint density at radius 3 is 2.60 bits per heavy atom. The van der Waals surface area contributed by atoms with Crippen LogP contribution in [0.25, 0.3) is 0 Å². The maximum atomic E-state index is 12.5. The van der Waals surface area contributed by atoms with Gasteiger partial charge in [-0.05, 0) is 47.0 Å². The normalized spacial score (nSPS) is 23.2. The first-order valence-corrected chi connectivity index (χ1v) is 7.58. The van der Waals surface area contributed by atoms with Gasteiger partial charge < -0.3 is 5.32 Å². The lowest BCUT2D eigenvalue weighted by atomic mass is 9.96. The van der Waals surface area contributed by atoms with Crippen molar-refractivity contribution in [2.75, 3.05) is 4.90 Å². The van der Waals surface area contributed by atoms with Gasteiger partial charge in [0.25, 0.3) is 0 Å². The average molecular weight is 360 g/mol. The van der Waals surface area contributed by atoms with Crippen molar-refractivity contribution in [3.63, 3.8) is 0 Å². The minimum atomic E-state index is -0.539. The Balaban J connectivity index is 2.55. The molecule has 2 rings (SSSR count). The van der Waals surface area contributed by atoms with Gasteiger partial charge in [0.15, 0.2) is 0 Å². The Hall–Kier alpha value is -1.07. The van der Waals surface area contributed by atoms with Crippen LogP contribution in [0, 0.1) is 5.92 Å². The smallest absolute Gasteiger partial charge is 0.250 e. The Labute approximate surface area is 131 Å². The predicted molar refractivity (Wildman–Crippen MR) is 82.9 cm³/mol. The molecule has 0 aliphatic carbocycles. The van der Waals surface area contributed by atoms with E-state index in [0.29, 0.717) is 10.7 Å². The van der Waals surface area contributed by atoms with Crippen molar-refractivity contribution in [1.29, 1.82) is 0 Å². The summed E-state index contributed by atoms with van der Waals surface area (Å²) < 4.78 is 0.739. The number of benzene rings is 1. The van der Waals surface area contributed by atoms with E-state index in [0.717, 1.165) is 4.47 Å². The van der Waals surface area contributed by atoms with E-state index in [1.54, 1.807) is 30.0 Å². The van der Waals surface area contributed by atoms with Gasteiger partial charge in [-0.1, -0.05) is 25.4 Å². The van der Waals surface area contributed by atoms with Crippen LogP contribution in [0.4, 0.5) is 5.69 Å². The highest BCUT2D eigenvalue weighted by molar-refractivity contribution is 9.10. The third kappa shape index (κ3) is 2.69. The Morgan fingerprint density at radius 2 is 2.00 bits per heavy atom. The molecule has 1 N–H and O–H groups in total. The van der Waals surface area contributed by atoms with Crippen LogP contribution in [-0.4, -0.2) is 23.9 Å². The summed E-state index contributed by atoms with van der Waals surface area (Å²) >= 11 is 9.45. The number of anilines is 1. The monoisotopic (exact) mass is 358 g/mol. The highest BCUT2D eigenvalue weighted by atomic mass is 79.9. The lowest BCUT2D eigenvalue weighted by Gasteiger charge is -2.40. The van der Waals surface area contributed by atoms with Crippen molar-refractivity contribution in [3.05, 3.63) is 27.7 Å². The summed E-state index contributed by atoms with van der Waals surface area (Å²) in [6.07, 6.45) is 0. The molecule has 1 aromatic carbocycles. The van der Waals surface area contributed by atoms with Crippen LogP contribution in [-0.2, 0) is 9.59 Å². The summed E-state index contributed by atoms with van der Waals surface area (Å²) in [5.41, 5.74) is 0.628. The van der Waals surface area contributed by atoms with Crippen LogP contribution < -0.4 is 10.2 Å². The van der Waals surface area contributed by atoms with Gasteiger partial charge >= 0.3 is 0 Å². The van der Waals surface area contributed by atoms with Crippen molar-refractivity contribution in [2.45, 2.75) is 32.9 Å². The van der Waals surface area contributed by atoms with Crippen LogP contribution >= 0.6 is 27.5 Å². The van der Waals surface area contributed by atoms with Crippen molar-refractivity contribution in [3.8, 4) is 0 Å². The van der Waals surface area contributed by atoms with E-state index >= 15 is 0 Å². The molecule has 0 spiro atoms. The topological polar surface area (TPSA) is 49.4 Å². The highest BCUT2D eigenvalue weighted by Gasteiger charge is 2.41. The summed E-state index contributed by atoms with van der Waals surface area (Å²) in [6.45, 7) is 5.51. The van der Waals surface area contributed by atoms with Gasteiger partial charge in [0.05, 0.1) is 5.69 Å². The van der Waals surface area contributed by atoms with Crippen molar-refractivity contribution in [2.24, 2.45) is 5.92 Å². The standard InChI is InChI=1S/C14H16BrClN2O2/c1-7(2)12-13(19)17-8(3)14(20)18(12)11-6-9(16)4-5-10(11)15/h4-8,12H,1-3H3,(H,17,19). The number of rotatable bonds is 2. The minimum Gasteiger partial charge on any atom is -0.343 e. The molecule has 1 fully saturated rings. The second-order valence-corrected chi connectivity index (χ2v) is 6.51. The third-order valence-corrected chi connectivity index (χ3v) is 4.22. The predicted octanol–water partition coefficient (Wildman–Crippen LogP) is 2.98. The maximum absolute atomic E-state index is 12.5. The highest BCUT2D eigenvalue weighted by Crippen LogP contribution is 2.34. The van der Waals surface area contributed by atoms with Gasteiger partial charge in [0.2, 0.25) is 11.8 Å². The fourth-order valence-electron chi connectivity index (χ4n) is 2.36. The fraction of sp³-hybridized carbons (Fsp3) is 0.429. The molecule has 1 saturated heterocycles. The molecule has 0 aromatic heterocycles. The molecule has 0 radical (unpaired) electrons. The van der Waals surface area contributed by atoms with Gasteiger partial charge in [0, 0.05) is 9.50 Å². The summed E-state index contributed by atoms with van der Waals surface area (Å²) in [7, 11) is 0. The van der Waals surface area contributed by atoms with E-state index in [1.165, 1.54) is 0 Å². The number of carbonyl (C=O) groups excluding carboxylic acids is 2. The Kier molecular flexibility index (Phi) is 4.39.